The standard InChI is InChI=1S/C19H16FNO4S/c20-13-7-5-12(6-8-13)17-10-9-14(25-17)11-16-19(22)15-3-1-2-4-18(15)26(23,24)21-16/h1-10,16,19,21-22H,11H2. The summed E-state index contributed by atoms with van der Waals surface area (Å²) in [4.78, 5) is 0.0928. The monoisotopic (exact) mass is 373 g/mol. The van der Waals surface area contributed by atoms with Crippen LogP contribution in [-0.4, -0.2) is 19.6 Å². The van der Waals surface area contributed by atoms with Gasteiger partial charge in [-0.15, -0.1) is 0 Å². The number of halogens is 1. The summed E-state index contributed by atoms with van der Waals surface area (Å²) in [6, 6.07) is 15.0. The molecule has 2 unspecified atom stereocenters. The molecule has 0 aliphatic carbocycles. The Hall–Kier alpha value is -2.48. The minimum Gasteiger partial charge on any atom is -0.461 e. The molecule has 3 aromatic rings. The van der Waals surface area contributed by atoms with Gasteiger partial charge in [-0.2, -0.15) is 0 Å². The fourth-order valence-electron chi connectivity index (χ4n) is 3.14. The van der Waals surface area contributed by atoms with E-state index < -0.39 is 22.2 Å². The first-order valence-corrected chi connectivity index (χ1v) is 9.56. The molecule has 2 aromatic carbocycles. The van der Waals surface area contributed by atoms with Crippen molar-refractivity contribution in [1.82, 2.24) is 4.72 Å². The summed E-state index contributed by atoms with van der Waals surface area (Å²) in [5, 5.41) is 10.6. The van der Waals surface area contributed by atoms with Crippen LogP contribution in [-0.2, 0) is 16.4 Å². The van der Waals surface area contributed by atoms with Crippen molar-refractivity contribution in [2.75, 3.05) is 0 Å². The summed E-state index contributed by atoms with van der Waals surface area (Å²) < 4.78 is 46.1. The molecular formula is C19H16FNO4S. The van der Waals surface area contributed by atoms with Crippen LogP contribution < -0.4 is 4.72 Å². The van der Waals surface area contributed by atoms with Crippen molar-refractivity contribution >= 4 is 10.0 Å². The number of fused-ring (bicyclic) bond motifs is 1. The van der Waals surface area contributed by atoms with Crippen molar-refractivity contribution in [2.24, 2.45) is 0 Å². The number of furan rings is 1. The largest absolute Gasteiger partial charge is 0.461 e. The van der Waals surface area contributed by atoms with Gasteiger partial charge in [0.2, 0.25) is 10.0 Å². The lowest BCUT2D eigenvalue weighted by molar-refractivity contribution is 0.129. The Morgan fingerprint density at radius 2 is 1.77 bits per heavy atom. The Balaban J connectivity index is 1.60. The molecule has 0 saturated heterocycles. The van der Waals surface area contributed by atoms with Crippen LogP contribution in [0.15, 0.2) is 70.0 Å². The number of benzene rings is 2. The van der Waals surface area contributed by atoms with E-state index in [1.807, 2.05) is 0 Å². The minimum atomic E-state index is -3.69. The zero-order chi connectivity index (χ0) is 18.3. The molecule has 2 atom stereocenters. The number of nitrogens with one attached hydrogen (secondary N) is 1. The zero-order valence-electron chi connectivity index (χ0n) is 13.6. The topological polar surface area (TPSA) is 79.5 Å². The molecule has 0 spiro atoms. The molecule has 26 heavy (non-hydrogen) atoms. The molecule has 0 fully saturated rings. The number of hydrogen-bond acceptors (Lipinski definition) is 4. The highest BCUT2D eigenvalue weighted by Crippen LogP contribution is 2.32. The van der Waals surface area contributed by atoms with E-state index in [2.05, 4.69) is 4.72 Å². The lowest BCUT2D eigenvalue weighted by Crippen LogP contribution is -2.45. The molecule has 2 N–H and O–H groups in total. The summed E-state index contributed by atoms with van der Waals surface area (Å²) in [7, 11) is -3.69. The van der Waals surface area contributed by atoms with Gasteiger partial charge in [0.15, 0.2) is 0 Å². The first-order chi connectivity index (χ1) is 12.4. The van der Waals surface area contributed by atoms with Crippen molar-refractivity contribution < 1.29 is 22.3 Å². The van der Waals surface area contributed by atoms with E-state index in [-0.39, 0.29) is 17.1 Å². The third-order valence-corrected chi connectivity index (χ3v) is 5.99. The number of rotatable bonds is 3. The van der Waals surface area contributed by atoms with Gasteiger partial charge in [0.05, 0.1) is 17.0 Å². The SMILES string of the molecule is O=S1(=O)NC(Cc2ccc(-c3ccc(F)cc3)o2)C(O)c2ccccc21. The number of sulfonamides is 1. The predicted octanol–water partition coefficient (Wildman–Crippen LogP) is 3.02. The normalized spacial score (nSPS) is 21.3. The van der Waals surface area contributed by atoms with Gasteiger partial charge < -0.3 is 9.52 Å². The Bertz CT molecular complexity index is 1040. The maximum Gasteiger partial charge on any atom is 0.241 e. The summed E-state index contributed by atoms with van der Waals surface area (Å²) in [5.41, 5.74) is 1.09. The van der Waals surface area contributed by atoms with Gasteiger partial charge in [0.25, 0.3) is 0 Å². The number of aliphatic hydroxyl groups is 1. The molecule has 2 heterocycles. The Labute approximate surface area is 150 Å². The Morgan fingerprint density at radius 1 is 1.04 bits per heavy atom. The molecule has 7 heteroatoms. The van der Waals surface area contributed by atoms with Crippen LogP contribution in [0.3, 0.4) is 0 Å². The van der Waals surface area contributed by atoms with Crippen LogP contribution in [0.2, 0.25) is 0 Å². The van der Waals surface area contributed by atoms with Crippen molar-refractivity contribution in [3.05, 3.63) is 77.8 Å². The molecule has 5 nitrogen and oxygen atoms in total. The van der Waals surface area contributed by atoms with Crippen LogP contribution in [0.1, 0.15) is 17.4 Å². The van der Waals surface area contributed by atoms with E-state index >= 15 is 0 Å². The van der Waals surface area contributed by atoms with Gasteiger partial charge in [-0.3, -0.25) is 0 Å². The number of aliphatic hydroxyl groups excluding tert-OH is 1. The molecule has 0 amide bonds. The lowest BCUT2D eigenvalue weighted by atomic mass is 9.99. The van der Waals surface area contributed by atoms with E-state index in [0.29, 0.717) is 22.6 Å². The van der Waals surface area contributed by atoms with Gasteiger partial charge in [-0.05, 0) is 42.5 Å². The van der Waals surface area contributed by atoms with Gasteiger partial charge in [-0.1, -0.05) is 18.2 Å². The van der Waals surface area contributed by atoms with Crippen LogP contribution >= 0.6 is 0 Å². The van der Waals surface area contributed by atoms with Crippen LogP contribution in [0, 0.1) is 5.82 Å². The van der Waals surface area contributed by atoms with Gasteiger partial charge in [-0.25, -0.2) is 17.5 Å². The van der Waals surface area contributed by atoms with Crippen LogP contribution in [0.25, 0.3) is 11.3 Å². The third kappa shape index (κ3) is 3.05. The fourth-order valence-corrected chi connectivity index (χ4v) is 4.64. The molecule has 134 valence electrons. The number of hydrogen-bond donors (Lipinski definition) is 2. The second kappa shape index (κ2) is 6.35. The summed E-state index contributed by atoms with van der Waals surface area (Å²) in [6.45, 7) is 0. The van der Waals surface area contributed by atoms with E-state index in [0.717, 1.165) is 0 Å². The maximum atomic E-state index is 13.0. The Kier molecular flexibility index (Phi) is 4.14. The highest BCUT2D eigenvalue weighted by atomic mass is 32.2. The molecule has 1 aliphatic heterocycles. The second-order valence-electron chi connectivity index (χ2n) is 6.19. The molecule has 0 saturated carbocycles. The molecule has 0 radical (unpaired) electrons. The first-order valence-electron chi connectivity index (χ1n) is 8.08. The lowest BCUT2D eigenvalue weighted by Gasteiger charge is -2.30. The van der Waals surface area contributed by atoms with E-state index in [9.17, 15) is 17.9 Å². The van der Waals surface area contributed by atoms with E-state index in [1.54, 1.807) is 42.5 Å². The molecule has 1 aliphatic rings. The molecule has 4 rings (SSSR count). The second-order valence-corrected chi connectivity index (χ2v) is 7.87. The van der Waals surface area contributed by atoms with Crippen molar-refractivity contribution in [2.45, 2.75) is 23.5 Å². The predicted molar refractivity (Wildman–Crippen MR) is 93.3 cm³/mol. The average Bonchev–Trinajstić information content (AvgIpc) is 3.08. The Morgan fingerprint density at radius 3 is 2.54 bits per heavy atom. The van der Waals surface area contributed by atoms with E-state index in [4.69, 9.17) is 4.42 Å². The third-order valence-electron chi connectivity index (χ3n) is 4.43. The molecular weight excluding hydrogens is 357 g/mol. The zero-order valence-corrected chi connectivity index (χ0v) is 14.4. The first kappa shape index (κ1) is 17.0. The van der Waals surface area contributed by atoms with Gasteiger partial charge in [0, 0.05) is 17.5 Å². The minimum absolute atomic E-state index is 0.0928. The van der Waals surface area contributed by atoms with Crippen molar-refractivity contribution in [3.63, 3.8) is 0 Å². The fraction of sp³-hybridized carbons (Fsp3) is 0.158. The maximum absolute atomic E-state index is 13.0. The highest BCUT2D eigenvalue weighted by Gasteiger charge is 2.36. The van der Waals surface area contributed by atoms with Crippen LogP contribution in [0.4, 0.5) is 4.39 Å². The molecule has 1 aromatic heterocycles. The average molecular weight is 373 g/mol. The quantitative estimate of drug-likeness (QED) is 0.740. The van der Waals surface area contributed by atoms with Crippen molar-refractivity contribution in [1.29, 1.82) is 0 Å². The van der Waals surface area contributed by atoms with Crippen molar-refractivity contribution in [3.8, 4) is 11.3 Å². The smallest absolute Gasteiger partial charge is 0.241 e. The summed E-state index contributed by atoms with van der Waals surface area (Å²) in [5.74, 6) is 0.739. The summed E-state index contributed by atoms with van der Waals surface area (Å²) in [6.07, 6.45) is -0.787. The van der Waals surface area contributed by atoms with Gasteiger partial charge in [0.1, 0.15) is 17.3 Å². The summed E-state index contributed by atoms with van der Waals surface area (Å²) >= 11 is 0. The van der Waals surface area contributed by atoms with Gasteiger partial charge >= 0.3 is 0 Å². The highest BCUT2D eigenvalue weighted by molar-refractivity contribution is 7.89. The van der Waals surface area contributed by atoms with E-state index in [1.165, 1.54) is 18.2 Å². The molecule has 0 bridgehead atoms. The van der Waals surface area contributed by atoms with Crippen LogP contribution in [0.5, 0.6) is 0 Å².